The molecule has 0 aliphatic carbocycles. The third kappa shape index (κ3) is 1.57. The maximum Gasteiger partial charge on any atom is 0.259 e. The summed E-state index contributed by atoms with van der Waals surface area (Å²) in [6.07, 6.45) is 0. The molecule has 1 aliphatic heterocycles. The molecule has 0 unspecified atom stereocenters. The van der Waals surface area contributed by atoms with Crippen LogP contribution in [0.25, 0.3) is 10.8 Å². The predicted molar refractivity (Wildman–Crippen MR) is 79.4 cm³/mol. The highest BCUT2D eigenvalue weighted by Gasteiger charge is 2.30. The zero-order valence-corrected chi connectivity index (χ0v) is 11.8. The number of rotatable bonds is 2. The van der Waals surface area contributed by atoms with Crippen molar-refractivity contribution >= 4 is 45.5 Å². The maximum atomic E-state index is 12.6. The van der Waals surface area contributed by atoms with Gasteiger partial charge in [-0.1, -0.05) is 40.4 Å². The van der Waals surface area contributed by atoms with Gasteiger partial charge in [0.15, 0.2) is 0 Å². The summed E-state index contributed by atoms with van der Waals surface area (Å²) >= 11 is 7.17. The molecule has 4 rings (SSSR count). The molecule has 2 aromatic carbocycles. The van der Waals surface area contributed by atoms with Crippen molar-refractivity contribution in [3.05, 3.63) is 52.0 Å². The van der Waals surface area contributed by atoms with Crippen LogP contribution in [0.3, 0.4) is 0 Å². The van der Waals surface area contributed by atoms with Gasteiger partial charge in [-0.2, -0.15) is 0 Å². The van der Waals surface area contributed by atoms with Crippen LogP contribution < -0.4 is 4.90 Å². The van der Waals surface area contributed by atoms with E-state index in [-0.39, 0.29) is 5.91 Å². The minimum absolute atomic E-state index is 0.0131. The first-order valence-electron chi connectivity index (χ1n) is 6.06. The molecule has 0 saturated carbocycles. The summed E-state index contributed by atoms with van der Waals surface area (Å²) in [6, 6.07) is 11.7. The van der Waals surface area contributed by atoms with E-state index < -0.39 is 0 Å². The Hall–Kier alpha value is -1.98. The lowest BCUT2D eigenvalue weighted by Gasteiger charge is -2.16. The van der Waals surface area contributed by atoms with Crippen molar-refractivity contribution in [2.24, 2.45) is 0 Å². The lowest BCUT2D eigenvalue weighted by Crippen LogP contribution is -2.26. The van der Waals surface area contributed by atoms with Gasteiger partial charge in [0.2, 0.25) is 0 Å². The van der Waals surface area contributed by atoms with E-state index in [2.05, 4.69) is 9.59 Å². The van der Waals surface area contributed by atoms with Crippen molar-refractivity contribution in [2.75, 3.05) is 4.90 Å². The number of hydrogen-bond acceptors (Lipinski definition) is 4. The third-order valence-electron chi connectivity index (χ3n) is 3.47. The van der Waals surface area contributed by atoms with Crippen LogP contribution in [-0.2, 0) is 6.54 Å². The molecule has 0 spiro atoms. The summed E-state index contributed by atoms with van der Waals surface area (Å²) in [6.45, 7) is 0.349. The first-order chi connectivity index (χ1) is 9.75. The van der Waals surface area contributed by atoms with E-state index in [0.29, 0.717) is 16.6 Å². The molecule has 0 saturated heterocycles. The van der Waals surface area contributed by atoms with Crippen molar-refractivity contribution in [3.63, 3.8) is 0 Å². The van der Waals surface area contributed by atoms with E-state index in [1.165, 1.54) is 0 Å². The van der Waals surface area contributed by atoms with Crippen molar-refractivity contribution in [1.29, 1.82) is 0 Å². The van der Waals surface area contributed by atoms with Gasteiger partial charge in [0, 0.05) is 22.5 Å². The van der Waals surface area contributed by atoms with Crippen LogP contribution in [0, 0.1) is 0 Å². The number of amides is 1. The number of halogens is 1. The minimum Gasteiger partial charge on any atom is -0.302 e. The molecule has 0 atom stereocenters. The van der Waals surface area contributed by atoms with Crippen LogP contribution in [0.5, 0.6) is 0 Å². The highest BCUT2D eigenvalue weighted by molar-refractivity contribution is 7.10. The predicted octanol–water partition coefficient (Wildman–Crippen LogP) is 3.51. The molecule has 0 fully saturated rings. The topological polar surface area (TPSA) is 46.1 Å². The first-order valence-corrected chi connectivity index (χ1v) is 7.21. The molecular formula is C14H8ClN3OS. The Labute approximate surface area is 123 Å². The van der Waals surface area contributed by atoms with E-state index in [9.17, 15) is 4.79 Å². The van der Waals surface area contributed by atoms with E-state index in [1.54, 1.807) is 4.90 Å². The Balaban J connectivity index is 1.87. The fraction of sp³-hybridized carbons (Fsp3) is 0.0714. The molecule has 1 aliphatic rings. The Kier molecular flexibility index (Phi) is 2.52. The monoisotopic (exact) mass is 301 g/mol. The summed E-state index contributed by atoms with van der Waals surface area (Å²) in [5, 5.41) is 6.05. The van der Waals surface area contributed by atoms with Crippen LogP contribution in [0.15, 0.2) is 36.4 Å². The summed E-state index contributed by atoms with van der Waals surface area (Å²) in [7, 11) is 0. The van der Waals surface area contributed by atoms with Crippen molar-refractivity contribution in [3.8, 4) is 0 Å². The number of nitrogens with zero attached hydrogens (tertiary/aromatic N) is 3. The first kappa shape index (κ1) is 11.8. The third-order valence-corrected chi connectivity index (χ3v) is 4.45. The summed E-state index contributed by atoms with van der Waals surface area (Å²) < 4.78 is 4.34. The lowest BCUT2D eigenvalue weighted by molar-refractivity contribution is 0.0991. The molecule has 0 N–H and O–H groups in total. The number of benzene rings is 2. The van der Waals surface area contributed by atoms with Crippen LogP contribution in [0.1, 0.15) is 16.1 Å². The fourth-order valence-corrected chi connectivity index (χ4v) is 3.19. The highest BCUT2D eigenvalue weighted by Crippen LogP contribution is 2.38. The smallest absolute Gasteiger partial charge is 0.259 e. The Bertz CT molecular complexity index is 840. The maximum absolute atomic E-state index is 12.6. The van der Waals surface area contributed by atoms with E-state index >= 15 is 0 Å². The SMILES string of the molecule is O=C1c2cccc3cccc(c23)N1Cc1nnsc1Cl. The Morgan fingerprint density at radius 1 is 1.20 bits per heavy atom. The average Bonchev–Trinajstić information content (AvgIpc) is 2.98. The Morgan fingerprint density at radius 3 is 2.75 bits per heavy atom. The van der Waals surface area contributed by atoms with Crippen LogP contribution in [0.4, 0.5) is 5.69 Å². The van der Waals surface area contributed by atoms with Crippen LogP contribution in [-0.4, -0.2) is 15.5 Å². The zero-order chi connectivity index (χ0) is 13.7. The van der Waals surface area contributed by atoms with Crippen LogP contribution >= 0.6 is 23.1 Å². The number of hydrogen-bond donors (Lipinski definition) is 0. The number of anilines is 1. The largest absolute Gasteiger partial charge is 0.302 e. The van der Waals surface area contributed by atoms with E-state index in [4.69, 9.17) is 11.6 Å². The summed E-state index contributed by atoms with van der Waals surface area (Å²) in [5.41, 5.74) is 2.28. The quantitative estimate of drug-likeness (QED) is 0.727. The molecule has 3 aromatic rings. The normalized spacial score (nSPS) is 13.4. The second-order valence-corrected chi connectivity index (χ2v) is 5.92. The zero-order valence-electron chi connectivity index (χ0n) is 10.2. The van der Waals surface area contributed by atoms with Gasteiger partial charge in [0.1, 0.15) is 10.0 Å². The van der Waals surface area contributed by atoms with Gasteiger partial charge in [0.05, 0.1) is 12.2 Å². The molecule has 1 amide bonds. The Morgan fingerprint density at radius 2 is 2.00 bits per heavy atom. The minimum atomic E-state index is -0.0131. The van der Waals surface area contributed by atoms with Gasteiger partial charge in [-0.15, -0.1) is 5.10 Å². The van der Waals surface area contributed by atoms with E-state index in [1.807, 2.05) is 36.4 Å². The molecule has 2 heterocycles. The van der Waals surface area contributed by atoms with Crippen molar-refractivity contribution in [1.82, 2.24) is 9.59 Å². The second kappa shape index (κ2) is 4.26. The standard InChI is InChI=1S/C14H8ClN3OS/c15-13-10(16-17-20-13)7-18-11-6-2-4-8-3-1-5-9(12(8)11)14(18)19/h1-6H,7H2. The molecule has 1 aromatic heterocycles. The molecule has 98 valence electrons. The lowest BCUT2D eigenvalue weighted by atomic mass is 10.1. The molecule has 0 bridgehead atoms. The summed E-state index contributed by atoms with van der Waals surface area (Å²) in [5.74, 6) is -0.0131. The van der Waals surface area contributed by atoms with Crippen molar-refractivity contribution < 1.29 is 4.79 Å². The van der Waals surface area contributed by atoms with Gasteiger partial charge in [-0.05, 0) is 17.5 Å². The second-order valence-electron chi connectivity index (χ2n) is 4.57. The van der Waals surface area contributed by atoms with Gasteiger partial charge in [-0.3, -0.25) is 4.79 Å². The molecular weight excluding hydrogens is 294 g/mol. The highest BCUT2D eigenvalue weighted by atomic mass is 35.5. The van der Waals surface area contributed by atoms with E-state index in [0.717, 1.165) is 33.6 Å². The number of aromatic nitrogens is 2. The number of carbonyl (C=O) groups is 1. The van der Waals surface area contributed by atoms with Gasteiger partial charge < -0.3 is 4.90 Å². The van der Waals surface area contributed by atoms with Gasteiger partial charge >= 0.3 is 0 Å². The summed E-state index contributed by atoms with van der Waals surface area (Å²) in [4.78, 5) is 14.3. The molecule has 20 heavy (non-hydrogen) atoms. The fourth-order valence-electron chi connectivity index (χ4n) is 2.58. The average molecular weight is 302 g/mol. The molecule has 6 heteroatoms. The van der Waals surface area contributed by atoms with Crippen molar-refractivity contribution in [2.45, 2.75) is 6.54 Å². The molecule has 4 nitrogen and oxygen atoms in total. The van der Waals surface area contributed by atoms with Crippen LogP contribution in [0.2, 0.25) is 4.34 Å². The molecule has 0 radical (unpaired) electrons. The van der Waals surface area contributed by atoms with Gasteiger partial charge in [-0.25, -0.2) is 0 Å². The number of carbonyl (C=O) groups excluding carboxylic acids is 1. The van der Waals surface area contributed by atoms with Gasteiger partial charge in [0.25, 0.3) is 5.91 Å².